The van der Waals surface area contributed by atoms with Crippen LogP contribution in [0.15, 0.2) is 59.0 Å². The molecule has 0 saturated carbocycles. The SMILES string of the molecule is CC(C)(C)NS(=O)(=O)c1ccc(/C(=C(\CCO)C(=O)[O-])c2ccc(F)cc2)cc1. The summed E-state index contributed by atoms with van der Waals surface area (Å²) in [7, 11) is -3.76. The molecule has 0 radical (unpaired) electrons. The van der Waals surface area contributed by atoms with Crippen LogP contribution in [0, 0.1) is 5.82 Å². The van der Waals surface area contributed by atoms with Gasteiger partial charge in [-0.15, -0.1) is 0 Å². The summed E-state index contributed by atoms with van der Waals surface area (Å²) in [5.74, 6) is -1.95. The zero-order valence-corrected chi connectivity index (χ0v) is 17.2. The van der Waals surface area contributed by atoms with Crippen molar-refractivity contribution in [3.63, 3.8) is 0 Å². The van der Waals surface area contributed by atoms with E-state index in [1.165, 1.54) is 48.5 Å². The maximum absolute atomic E-state index is 13.3. The Labute approximate surface area is 169 Å². The lowest BCUT2D eigenvalue weighted by atomic mass is 9.91. The van der Waals surface area contributed by atoms with Crippen molar-refractivity contribution in [2.45, 2.75) is 37.6 Å². The third-order valence-electron chi connectivity index (χ3n) is 3.94. The number of halogens is 1. The lowest BCUT2D eigenvalue weighted by Gasteiger charge is -2.21. The van der Waals surface area contributed by atoms with Crippen LogP contribution in [0.4, 0.5) is 4.39 Å². The van der Waals surface area contributed by atoms with Gasteiger partial charge in [0, 0.05) is 12.1 Å². The van der Waals surface area contributed by atoms with Gasteiger partial charge in [-0.1, -0.05) is 24.3 Å². The number of carboxylic acids is 1. The highest BCUT2D eigenvalue weighted by atomic mass is 32.2. The Morgan fingerprint density at radius 3 is 1.93 bits per heavy atom. The average molecular weight is 420 g/mol. The molecule has 6 nitrogen and oxygen atoms in total. The average Bonchev–Trinajstić information content (AvgIpc) is 2.61. The fraction of sp³-hybridized carbons (Fsp3) is 0.286. The summed E-state index contributed by atoms with van der Waals surface area (Å²) in [5, 5.41) is 20.9. The summed E-state index contributed by atoms with van der Waals surface area (Å²) in [6.07, 6.45) is -0.180. The lowest BCUT2D eigenvalue weighted by Crippen LogP contribution is -2.40. The third kappa shape index (κ3) is 5.96. The molecule has 0 fully saturated rings. The van der Waals surface area contributed by atoms with E-state index in [1.807, 2.05) is 0 Å². The second-order valence-corrected chi connectivity index (χ2v) is 9.18. The van der Waals surface area contributed by atoms with E-state index in [0.29, 0.717) is 11.1 Å². The van der Waals surface area contributed by atoms with Gasteiger partial charge in [-0.3, -0.25) is 0 Å². The van der Waals surface area contributed by atoms with E-state index in [2.05, 4.69) is 4.72 Å². The molecular weight excluding hydrogens is 397 g/mol. The summed E-state index contributed by atoms with van der Waals surface area (Å²) in [6.45, 7) is 4.73. The van der Waals surface area contributed by atoms with E-state index >= 15 is 0 Å². The minimum atomic E-state index is -3.76. The molecular formula is C21H23FNO5S-. The van der Waals surface area contributed by atoms with Crippen LogP contribution in [-0.4, -0.2) is 31.6 Å². The van der Waals surface area contributed by atoms with E-state index in [0.717, 1.165) is 0 Å². The van der Waals surface area contributed by atoms with Crippen LogP contribution in [0.1, 0.15) is 38.3 Å². The van der Waals surface area contributed by atoms with Gasteiger partial charge >= 0.3 is 0 Å². The second kappa shape index (κ2) is 8.86. The molecule has 2 rings (SSSR count). The van der Waals surface area contributed by atoms with E-state index in [4.69, 9.17) is 0 Å². The zero-order valence-electron chi connectivity index (χ0n) is 16.4. The molecule has 0 bridgehead atoms. The van der Waals surface area contributed by atoms with Crippen LogP contribution in [0.3, 0.4) is 0 Å². The Morgan fingerprint density at radius 2 is 1.52 bits per heavy atom. The number of aliphatic carboxylic acids is 1. The van der Waals surface area contributed by atoms with Crippen molar-refractivity contribution < 1.29 is 27.8 Å². The molecule has 0 amide bonds. The standard InChI is InChI=1S/C21H24FNO5S/c1-21(2,3)23-29(27,28)17-10-6-15(7-11-17)19(18(12-13-24)20(25)26)14-4-8-16(22)9-5-14/h4-11,23-24H,12-13H2,1-3H3,(H,25,26)/p-1/b19-18+. The quantitative estimate of drug-likeness (QED) is 0.665. The van der Waals surface area contributed by atoms with E-state index < -0.39 is 34.0 Å². The zero-order chi connectivity index (χ0) is 21.8. The number of carboxylic acid groups (broad SMARTS) is 1. The van der Waals surface area contributed by atoms with Gasteiger partial charge in [-0.05, 0) is 73.7 Å². The smallest absolute Gasteiger partial charge is 0.241 e. The van der Waals surface area contributed by atoms with Gasteiger partial charge in [0.2, 0.25) is 10.0 Å². The van der Waals surface area contributed by atoms with E-state index in [1.54, 1.807) is 20.8 Å². The third-order valence-corrected chi connectivity index (χ3v) is 5.71. The summed E-state index contributed by atoms with van der Waals surface area (Å²) in [4.78, 5) is 11.7. The maximum Gasteiger partial charge on any atom is 0.241 e. The van der Waals surface area contributed by atoms with Crippen molar-refractivity contribution in [3.8, 4) is 0 Å². The minimum Gasteiger partial charge on any atom is -0.545 e. The maximum atomic E-state index is 13.3. The summed E-state index contributed by atoms with van der Waals surface area (Å²) in [6, 6.07) is 10.9. The number of aliphatic hydroxyl groups excluding tert-OH is 1. The molecule has 0 unspecified atom stereocenters. The van der Waals surface area contributed by atoms with Crippen molar-refractivity contribution in [1.29, 1.82) is 0 Å². The first kappa shape index (κ1) is 22.7. The molecule has 0 heterocycles. The minimum absolute atomic E-state index is 0.0202. The second-order valence-electron chi connectivity index (χ2n) is 7.50. The van der Waals surface area contributed by atoms with Gasteiger partial charge in [0.25, 0.3) is 0 Å². The predicted octanol–water partition coefficient (Wildman–Crippen LogP) is 1.84. The number of rotatable bonds is 7. The van der Waals surface area contributed by atoms with Gasteiger partial charge in [-0.25, -0.2) is 17.5 Å². The van der Waals surface area contributed by atoms with E-state index in [-0.39, 0.29) is 22.5 Å². The van der Waals surface area contributed by atoms with Crippen LogP contribution in [0.2, 0.25) is 0 Å². The topological polar surface area (TPSA) is 107 Å². The first-order chi connectivity index (χ1) is 13.4. The number of hydrogen-bond acceptors (Lipinski definition) is 5. The van der Waals surface area contributed by atoms with Crippen LogP contribution < -0.4 is 9.83 Å². The number of carbonyl (C=O) groups is 1. The Bertz CT molecular complexity index is 1000. The molecule has 0 aliphatic rings. The molecule has 0 spiro atoms. The number of nitrogens with one attached hydrogen (secondary N) is 1. The summed E-state index contributed by atoms with van der Waals surface area (Å²) < 4.78 is 40.8. The highest BCUT2D eigenvalue weighted by Gasteiger charge is 2.22. The van der Waals surface area contributed by atoms with Crippen LogP contribution in [0.25, 0.3) is 5.57 Å². The summed E-state index contributed by atoms with van der Waals surface area (Å²) in [5.41, 5.74) is 0.204. The normalized spacial score (nSPS) is 13.1. The number of hydrogen-bond donors (Lipinski definition) is 2. The molecule has 8 heteroatoms. The number of sulfonamides is 1. The lowest BCUT2D eigenvalue weighted by molar-refractivity contribution is -0.299. The predicted molar refractivity (Wildman–Crippen MR) is 106 cm³/mol. The first-order valence-corrected chi connectivity index (χ1v) is 10.4. The molecule has 0 aliphatic heterocycles. The molecule has 2 aromatic carbocycles. The largest absolute Gasteiger partial charge is 0.545 e. The molecule has 29 heavy (non-hydrogen) atoms. The Hall–Kier alpha value is -2.55. The van der Waals surface area contributed by atoms with Crippen molar-refractivity contribution in [2.24, 2.45) is 0 Å². The molecule has 156 valence electrons. The van der Waals surface area contributed by atoms with Crippen molar-refractivity contribution in [3.05, 3.63) is 71.0 Å². The molecule has 0 saturated heterocycles. The van der Waals surface area contributed by atoms with Crippen LogP contribution in [-0.2, 0) is 14.8 Å². The highest BCUT2D eigenvalue weighted by molar-refractivity contribution is 7.89. The molecule has 0 aromatic heterocycles. The van der Waals surface area contributed by atoms with Crippen molar-refractivity contribution in [1.82, 2.24) is 4.72 Å². The number of benzene rings is 2. The molecule has 0 aliphatic carbocycles. The van der Waals surface area contributed by atoms with Gasteiger partial charge in [0.15, 0.2) is 0 Å². The van der Waals surface area contributed by atoms with Crippen LogP contribution >= 0.6 is 0 Å². The molecule has 2 N–H and O–H groups in total. The monoisotopic (exact) mass is 420 g/mol. The highest BCUT2D eigenvalue weighted by Crippen LogP contribution is 2.29. The Balaban J connectivity index is 2.59. The fourth-order valence-corrected chi connectivity index (χ4v) is 4.25. The first-order valence-electron chi connectivity index (χ1n) is 8.90. The molecule has 2 aromatic rings. The van der Waals surface area contributed by atoms with E-state index in [9.17, 15) is 27.8 Å². The van der Waals surface area contributed by atoms with Crippen LogP contribution in [0.5, 0.6) is 0 Å². The number of carbonyl (C=O) groups excluding carboxylic acids is 1. The van der Waals surface area contributed by atoms with Gasteiger partial charge in [-0.2, -0.15) is 0 Å². The Morgan fingerprint density at radius 1 is 1.03 bits per heavy atom. The fourth-order valence-electron chi connectivity index (χ4n) is 2.84. The molecule has 0 atom stereocenters. The van der Waals surface area contributed by atoms with Crippen molar-refractivity contribution >= 4 is 21.6 Å². The summed E-state index contributed by atoms with van der Waals surface area (Å²) >= 11 is 0. The number of aliphatic hydroxyl groups is 1. The van der Waals surface area contributed by atoms with Crippen molar-refractivity contribution in [2.75, 3.05) is 6.61 Å². The van der Waals surface area contributed by atoms with Gasteiger partial charge in [0.05, 0.1) is 10.9 Å². The van der Waals surface area contributed by atoms with Gasteiger partial charge in [0.1, 0.15) is 5.82 Å². The van der Waals surface area contributed by atoms with Gasteiger partial charge < -0.3 is 15.0 Å². The Kier molecular flexibility index (Phi) is 6.94.